The Hall–Kier alpha value is -6.83. The Morgan fingerprint density at radius 1 is 0.538 bits per heavy atom. The van der Waals surface area contributed by atoms with Crippen molar-refractivity contribution in [3.8, 4) is 56.8 Å². The van der Waals surface area contributed by atoms with Gasteiger partial charge >= 0.3 is 0 Å². The monoisotopic (exact) mass is 664 g/mol. The van der Waals surface area contributed by atoms with E-state index in [-0.39, 0.29) is 5.41 Å². The lowest BCUT2D eigenvalue weighted by atomic mass is 9.82. The van der Waals surface area contributed by atoms with Crippen molar-refractivity contribution in [2.24, 2.45) is 0 Å². The van der Waals surface area contributed by atoms with E-state index < -0.39 is 0 Å². The molecule has 7 aromatic carbocycles. The van der Waals surface area contributed by atoms with Crippen molar-refractivity contribution in [3.05, 3.63) is 174 Å². The number of nitrogens with zero attached hydrogens (tertiary/aromatic N) is 4. The Morgan fingerprint density at radius 2 is 1.17 bits per heavy atom. The molecule has 2 aromatic heterocycles. The van der Waals surface area contributed by atoms with Gasteiger partial charge < -0.3 is 4.57 Å². The van der Waals surface area contributed by atoms with Crippen molar-refractivity contribution in [3.63, 3.8) is 0 Å². The summed E-state index contributed by atoms with van der Waals surface area (Å²) in [6.07, 6.45) is 0. The van der Waals surface area contributed by atoms with E-state index in [4.69, 9.17) is 9.97 Å². The van der Waals surface area contributed by atoms with Gasteiger partial charge in [-0.2, -0.15) is 5.26 Å². The Labute approximate surface area is 301 Å². The van der Waals surface area contributed by atoms with E-state index in [1.54, 1.807) is 0 Å². The minimum absolute atomic E-state index is 0.163. The molecule has 0 aliphatic heterocycles. The summed E-state index contributed by atoms with van der Waals surface area (Å²) in [7, 11) is 0. The standard InChI is InChI=1S/C48H32N4/c1-48(2)40-25-24-30-14-9-10-21-35(30)44(40)38-27-37-36-22-11-12-23-42(36)52(43(37)28-41(38)48)34-20-13-19-33(26-34)47-50-45(31-15-5-3-6-16-31)39(29-49)46(51-47)32-17-7-4-8-18-32/h3-28H,1-2H3. The maximum Gasteiger partial charge on any atom is 0.160 e. The first-order chi connectivity index (χ1) is 25.5. The van der Waals surface area contributed by atoms with Gasteiger partial charge in [-0.25, -0.2) is 9.97 Å². The second-order valence-electron chi connectivity index (χ2n) is 14.1. The molecule has 52 heavy (non-hydrogen) atoms. The van der Waals surface area contributed by atoms with E-state index in [9.17, 15) is 5.26 Å². The van der Waals surface area contributed by atoms with Crippen LogP contribution in [0.15, 0.2) is 158 Å². The molecule has 0 radical (unpaired) electrons. The largest absolute Gasteiger partial charge is 0.309 e. The maximum absolute atomic E-state index is 10.4. The zero-order valence-corrected chi connectivity index (χ0v) is 28.8. The smallest absolute Gasteiger partial charge is 0.160 e. The molecule has 0 atom stereocenters. The van der Waals surface area contributed by atoms with Crippen LogP contribution in [-0.4, -0.2) is 14.5 Å². The first-order valence-corrected chi connectivity index (χ1v) is 17.7. The summed E-state index contributed by atoms with van der Waals surface area (Å²) in [6, 6.07) is 57.6. The summed E-state index contributed by atoms with van der Waals surface area (Å²) < 4.78 is 2.38. The molecule has 1 aliphatic carbocycles. The van der Waals surface area contributed by atoms with Crippen molar-refractivity contribution in [1.82, 2.24) is 14.5 Å². The summed E-state index contributed by atoms with van der Waals surface area (Å²) >= 11 is 0. The number of fused-ring (bicyclic) bond motifs is 8. The average Bonchev–Trinajstić information content (AvgIpc) is 3.65. The molecule has 10 rings (SSSR count). The zero-order chi connectivity index (χ0) is 35.0. The Balaban J connectivity index is 1.21. The van der Waals surface area contributed by atoms with Crippen LogP contribution in [0.25, 0.3) is 83.3 Å². The molecule has 4 heteroatoms. The predicted molar refractivity (Wildman–Crippen MR) is 212 cm³/mol. The predicted octanol–water partition coefficient (Wildman–Crippen LogP) is 11.9. The number of para-hydroxylation sites is 1. The quantitative estimate of drug-likeness (QED) is 0.188. The second kappa shape index (κ2) is 11.3. The van der Waals surface area contributed by atoms with Crippen LogP contribution in [0.1, 0.15) is 30.5 Å². The molecule has 0 amide bonds. The number of rotatable bonds is 4. The fraction of sp³-hybridized carbons (Fsp3) is 0.0625. The summed E-state index contributed by atoms with van der Waals surface area (Å²) in [5.41, 5.74) is 12.9. The van der Waals surface area contributed by atoms with Gasteiger partial charge in [0.2, 0.25) is 0 Å². The minimum atomic E-state index is -0.163. The molecule has 0 N–H and O–H groups in total. The van der Waals surface area contributed by atoms with Crippen LogP contribution in [0, 0.1) is 11.3 Å². The fourth-order valence-corrected chi connectivity index (χ4v) is 8.33. The molecule has 0 saturated heterocycles. The van der Waals surface area contributed by atoms with Gasteiger partial charge in [0.05, 0.1) is 22.4 Å². The molecule has 0 spiro atoms. The highest BCUT2D eigenvalue weighted by atomic mass is 15.0. The average molecular weight is 665 g/mol. The number of nitriles is 1. The van der Waals surface area contributed by atoms with Crippen LogP contribution in [-0.2, 0) is 5.41 Å². The van der Waals surface area contributed by atoms with E-state index in [0.717, 1.165) is 33.4 Å². The van der Waals surface area contributed by atoms with Gasteiger partial charge in [-0.05, 0) is 63.4 Å². The number of hydrogen-bond acceptors (Lipinski definition) is 3. The van der Waals surface area contributed by atoms with Gasteiger partial charge in [0, 0.05) is 38.6 Å². The highest BCUT2D eigenvalue weighted by Gasteiger charge is 2.37. The summed E-state index contributed by atoms with van der Waals surface area (Å²) in [6.45, 7) is 4.70. The highest BCUT2D eigenvalue weighted by Crippen LogP contribution is 2.53. The van der Waals surface area contributed by atoms with Crippen molar-refractivity contribution in [1.29, 1.82) is 5.26 Å². The van der Waals surface area contributed by atoms with Gasteiger partial charge in [0.1, 0.15) is 11.6 Å². The lowest BCUT2D eigenvalue weighted by molar-refractivity contribution is 0.661. The molecule has 0 saturated carbocycles. The van der Waals surface area contributed by atoms with Crippen LogP contribution in [0.3, 0.4) is 0 Å². The third-order valence-corrected chi connectivity index (χ3v) is 10.8. The van der Waals surface area contributed by atoms with E-state index >= 15 is 0 Å². The molecule has 0 bridgehead atoms. The van der Waals surface area contributed by atoms with E-state index in [1.807, 2.05) is 60.7 Å². The van der Waals surface area contributed by atoms with Crippen molar-refractivity contribution < 1.29 is 0 Å². The lowest BCUT2D eigenvalue weighted by Gasteiger charge is -2.22. The first-order valence-electron chi connectivity index (χ1n) is 17.7. The van der Waals surface area contributed by atoms with Gasteiger partial charge in [-0.1, -0.05) is 141 Å². The highest BCUT2D eigenvalue weighted by molar-refractivity contribution is 6.13. The summed E-state index contributed by atoms with van der Waals surface area (Å²) in [5.74, 6) is 0.573. The second-order valence-corrected chi connectivity index (χ2v) is 14.1. The Morgan fingerprint density at radius 3 is 1.88 bits per heavy atom. The summed E-state index contributed by atoms with van der Waals surface area (Å²) in [5, 5.41) is 15.4. The normalized spacial score (nSPS) is 12.9. The molecule has 0 fully saturated rings. The minimum Gasteiger partial charge on any atom is -0.309 e. The molecule has 0 unspecified atom stereocenters. The topological polar surface area (TPSA) is 54.5 Å². The molecular weight excluding hydrogens is 633 g/mol. The molecular formula is C48H32N4. The first kappa shape index (κ1) is 30.0. The van der Waals surface area contributed by atoms with Gasteiger partial charge in [-0.3, -0.25) is 0 Å². The fourth-order valence-electron chi connectivity index (χ4n) is 8.33. The van der Waals surface area contributed by atoms with Crippen LogP contribution >= 0.6 is 0 Å². The third kappa shape index (κ3) is 4.39. The molecule has 4 nitrogen and oxygen atoms in total. The van der Waals surface area contributed by atoms with Crippen molar-refractivity contribution >= 4 is 32.6 Å². The van der Waals surface area contributed by atoms with Crippen LogP contribution in [0.4, 0.5) is 0 Å². The third-order valence-electron chi connectivity index (χ3n) is 10.8. The number of hydrogen-bond donors (Lipinski definition) is 0. The number of aromatic nitrogens is 3. The SMILES string of the molecule is CC1(C)c2cc3c(cc2-c2c1ccc1ccccc21)c1ccccc1n3-c1cccc(-c2nc(-c3ccccc3)c(C#N)c(-c3ccccc3)n2)c1. The van der Waals surface area contributed by atoms with E-state index in [2.05, 4.69) is 122 Å². The molecule has 2 heterocycles. The lowest BCUT2D eigenvalue weighted by Crippen LogP contribution is -2.15. The van der Waals surface area contributed by atoms with Gasteiger partial charge in [-0.15, -0.1) is 0 Å². The van der Waals surface area contributed by atoms with Gasteiger partial charge in [0.15, 0.2) is 5.82 Å². The van der Waals surface area contributed by atoms with Crippen LogP contribution in [0.2, 0.25) is 0 Å². The summed E-state index contributed by atoms with van der Waals surface area (Å²) in [4.78, 5) is 10.2. The van der Waals surface area contributed by atoms with Gasteiger partial charge in [0.25, 0.3) is 0 Å². The van der Waals surface area contributed by atoms with E-state index in [0.29, 0.717) is 22.8 Å². The number of benzene rings is 7. The van der Waals surface area contributed by atoms with E-state index in [1.165, 1.54) is 43.8 Å². The van der Waals surface area contributed by atoms with Crippen LogP contribution < -0.4 is 0 Å². The Kier molecular flexibility index (Phi) is 6.55. The molecule has 244 valence electrons. The van der Waals surface area contributed by atoms with Crippen molar-refractivity contribution in [2.75, 3.05) is 0 Å². The zero-order valence-electron chi connectivity index (χ0n) is 28.8. The maximum atomic E-state index is 10.4. The molecule has 1 aliphatic rings. The molecule has 9 aromatic rings. The Bertz CT molecular complexity index is 2870. The van der Waals surface area contributed by atoms with Crippen LogP contribution in [0.5, 0.6) is 0 Å². The van der Waals surface area contributed by atoms with Crippen molar-refractivity contribution in [2.45, 2.75) is 19.3 Å².